The Morgan fingerprint density at radius 2 is 0.774 bits per heavy atom. The summed E-state index contributed by atoms with van der Waals surface area (Å²) in [5.74, 6) is -0.131. The van der Waals surface area contributed by atoms with Crippen molar-refractivity contribution in [3.05, 3.63) is 137 Å². The highest BCUT2D eigenvalue weighted by molar-refractivity contribution is 8.14. The predicted octanol–water partition coefficient (Wildman–Crippen LogP) is 6.08. The maximum atomic E-state index is 12.6. The summed E-state index contributed by atoms with van der Waals surface area (Å²) in [4.78, 5) is 38.3. The summed E-state index contributed by atoms with van der Waals surface area (Å²) in [6.45, 7) is 0. The van der Waals surface area contributed by atoms with Crippen molar-refractivity contribution in [2.75, 3.05) is 0 Å². The lowest BCUT2D eigenvalue weighted by molar-refractivity contribution is 0.103. The highest BCUT2D eigenvalue weighted by atomic mass is 32.2. The molecule has 0 saturated heterocycles. The maximum absolute atomic E-state index is 12.6. The number of carbonyl (C=O) groups is 3. The molecule has 0 spiro atoms. The maximum Gasteiger partial charge on any atom is 0.224 e. The second-order valence-electron chi connectivity index (χ2n) is 6.88. The minimum atomic E-state index is -0.124. The van der Waals surface area contributed by atoms with Crippen LogP contribution in [-0.4, -0.2) is 16.7 Å². The van der Waals surface area contributed by atoms with Crippen LogP contribution in [0.3, 0.4) is 0 Å². The largest absolute Gasteiger partial charge is 0.289 e. The molecule has 0 heterocycles. The molecule has 0 fully saturated rings. The third-order valence-electron chi connectivity index (χ3n) is 4.78. The molecule has 0 unspecified atom stereocenters. The highest BCUT2D eigenvalue weighted by Gasteiger charge is 2.13. The fourth-order valence-corrected chi connectivity index (χ4v) is 3.85. The lowest BCUT2D eigenvalue weighted by Crippen LogP contribution is -2.02. The fourth-order valence-electron chi connectivity index (χ4n) is 3.11. The van der Waals surface area contributed by atoms with Crippen LogP contribution in [0.4, 0.5) is 0 Å². The molecular formula is C27H18O3S. The summed E-state index contributed by atoms with van der Waals surface area (Å²) in [6.07, 6.45) is 0. The van der Waals surface area contributed by atoms with Gasteiger partial charge in [0.1, 0.15) is 0 Å². The molecule has 3 nitrogen and oxygen atoms in total. The number of thioether (sulfide) groups is 1. The first-order valence-electron chi connectivity index (χ1n) is 9.73. The smallest absolute Gasteiger partial charge is 0.224 e. The SMILES string of the molecule is O=C(Sc1ccc(C(=O)c2ccccc2)cc1)c1ccc(C(=O)c2ccccc2)cc1. The van der Waals surface area contributed by atoms with E-state index in [0.717, 1.165) is 16.7 Å². The summed E-state index contributed by atoms with van der Waals surface area (Å²) in [6, 6.07) is 31.8. The first kappa shape index (κ1) is 20.5. The van der Waals surface area contributed by atoms with E-state index in [-0.39, 0.29) is 16.7 Å². The average molecular weight is 423 g/mol. The van der Waals surface area contributed by atoms with Gasteiger partial charge in [-0.3, -0.25) is 14.4 Å². The Balaban J connectivity index is 1.42. The van der Waals surface area contributed by atoms with Gasteiger partial charge >= 0.3 is 0 Å². The van der Waals surface area contributed by atoms with Crippen molar-refractivity contribution in [3.8, 4) is 0 Å². The first-order valence-corrected chi connectivity index (χ1v) is 10.6. The van der Waals surface area contributed by atoms with E-state index < -0.39 is 0 Å². The number of benzene rings is 4. The van der Waals surface area contributed by atoms with Gasteiger partial charge in [-0.25, -0.2) is 0 Å². The molecule has 0 radical (unpaired) electrons. The molecule has 0 aliphatic heterocycles. The fraction of sp³-hybridized carbons (Fsp3) is 0. The van der Waals surface area contributed by atoms with Crippen LogP contribution in [-0.2, 0) is 0 Å². The quantitative estimate of drug-likeness (QED) is 0.279. The third kappa shape index (κ3) is 4.87. The highest BCUT2D eigenvalue weighted by Crippen LogP contribution is 2.24. The van der Waals surface area contributed by atoms with E-state index in [2.05, 4.69) is 0 Å². The molecule has 4 aromatic carbocycles. The Kier molecular flexibility index (Phi) is 6.20. The molecule has 31 heavy (non-hydrogen) atoms. The number of hydrogen-bond acceptors (Lipinski definition) is 4. The van der Waals surface area contributed by atoms with E-state index in [1.807, 2.05) is 36.4 Å². The zero-order valence-electron chi connectivity index (χ0n) is 16.5. The Morgan fingerprint density at radius 3 is 1.23 bits per heavy atom. The lowest BCUT2D eigenvalue weighted by Gasteiger charge is -2.05. The summed E-state index contributed by atoms with van der Waals surface area (Å²) < 4.78 is 0. The number of ketones is 2. The first-order chi connectivity index (χ1) is 15.1. The van der Waals surface area contributed by atoms with Crippen molar-refractivity contribution in [1.82, 2.24) is 0 Å². The monoisotopic (exact) mass is 422 g/mol. The second-order valence-corrected chi connectivity index (χ2v) is 7.93. The van der Waals surface area contributed by atoms with Crippen LogP contribution in [0, 0.1) is 0 Å². The molecule has 150 valence electrons. The Morgan fingerprint density at radius 1 is 0.419 bits per heavy atom. The van der Waals surface area contributed by atoms with Crippen LogP contribution >= 0.6 is 11.8 Å². The van der Waals surface area contributed by atoms with Crippen molar-refractivity contribution >= 4 is 28.4 Å². The Labute approximate surface area is 184 Å². The molecule has 0 N–H and O–H groups in total. The normalized spacial score (nSPS) is 10.5. The summed E-state index contributed by atoms with van der Waals surface area (Å²) in [7, 11) is 0. The zero-order valence-corrected chi connectivity index (χ0v) is 17.3. The van der Waals surface area contributed by atoms with Crippen LogP contribution < -0.4 is 0 Å². The molecule has 0 amide bonds. The van der Waals surface area contributed by atoms with Gasteiger partial charge < -0.3 is 0 Å². The summed E-state index contributed by atoms with van der Waals surface area (Å²) in [5, 5.41) is -0.124. The third-order valence-corrected chi connectivity index (χ3v) is 5.71. The van der Waals surface area contributed by atoms with Gasteiger partial charge in [0.2, 0.25) is 5.12 Å². The Bertz CT molecular complexity index is 1210. The predicted molar refractivity (Wildman–Crippen MR) is 123 cm³/mol. The minimum absolute atomic E-state index is 0.0536. The number of rotatable bonds is 6. The van der Waals surface area contributed by atoms with Crippen LogP contribution in [0.25, 0.3) is 0 Å². The van der Waals surface area contributed by atoms with Crippen LogP contribution in [0.5, 0.6) is 0 Å². The van der Waals surface area contributed by atoms with Crippen molar-refractivity contribution < 1.29 is 14.4 Å². The van der Waals surface area contributed by atoms with Gasteiger partial charge in [0.05, 0.1) is 0 Å². The minimum Gasteiger partial charge on any atom is -0.289 e. The van der Waals surface area contributed by atoms with Crippen molar-refractivity contribution in [1.29, 1.82) is 0 Å². The summed E-state index contributed by atoms with van der Waals surface area (Å²) >= 11 is 1.09. The van der Waals surface area contributed by atoms with E-state index in [4.69, 9.17) is 0 Å². The van der Waals surface area contributed by atoms with E-state index in [1.165, 1.54) is 0 Å². The molecule has 0 bridgehead atoms. The lowest BCUT2D eigenvalue weighted by atomic mass is 10.0. The molecule has 0 atom stereocenters. The average Bonchev–Trinajstić information content (AvgIpc) is 2.85. The van der Waals surface area contributed by atoms with Crippen molar-refractivity contribution in [2.24, 2.45) is 0 Å². The molecule has 0 saturated carbocycles. The Hall–Kier alpha value is -3.76. The zero-order chi connectivity index (χ0) is 21.6. The van der Waals surface area contributed by atoms with Crippen molar-refractivity contribution in [2.45, 2.75) is 4.90 Å². The molecule has 4 rings (SSSR count). The van der Waals surface area contributed by atoms with E-state index >= 15 is 0 Å². The molecule has 4 aromatic rings. The van der Waals surface area contributed by atoms with Gasteiger partial charge in [-0.15, -0.1) is 0 Å². The molecule has 0 aromatic heterocycles. The van der Waals surface area contributed by atoms with E-state index in [0.29, 0.717) is 27.8 Å². The molecule has 0 aliphatic rings. The van der Waals surface area contributed by atoms with Gasteiger partial charge in [-0.1, -0.05) is 72.8 Å². The van der Waals surface area contributed by atoms with Gasteiger partial charge in [0.15, 0.2) is 11.6 Å². The number of hydrogen-bond donors (Lipinski definition) is 0. The number of carbonyl (C=O) groups excluding carboxylic acids is 3. The molecular weight excluding hydrogens is 404 g/mol. The molecule has 4 heteroatoms. The van der Waals surface area contributed by atoms with Gasteiger partial charge in [-0.05, 0) is 48.2 Å². The van der Waals surface area contributed by atoms with Gasteiger partial charge in [0, 0.05) is 32.7 Å². The van der Waals surface area contributed by atoms with Crippen LogP contribution in [0.15, 0.2) is 114 Å². The second kappa shape index (κ2) is 9.37. The van der Waals surface area contributed by atoms with Gasteiger partial charge in [-0.2, -0.15) is 0 Å². The van der Waals surface area contributed by atoms with E-state index in [1.54, 1.807) is 72.8 Å². The van der Waals surface area contributed by atoms with Crippen molar-refractivity contribution in [3.63, 3.8) is 0 Å². The van der Waals surface area contributed by atoms with Gasteiger partial charge in [0.25, 0.3) is 0 Å². The standard InChI is InChI=1S/C27H18O3S/c28-25(19-7-3-1-4-8-19)21-11-13-23(14-12-21)27(30)31-24-17-15-22(16-18-24)26(29)20-9-5-2-6-10-20/h1-18H. The van der Waals surface area contributed by atoms with Crippen LogP contribution in [0.1, 0.15) is 42.2 Å². The van der Waals surface area contributed by atoms with Crippen LogP contribution in [0.2, 0.25) is 0 Å². The topological polar surface area (TPSA) is 51.2 Å². The summed E-state index contributed by atoms with van der Waals surface area (Å²) in [5.41, 5.74) is 2.87. The van der Waals surface area contributed by atoms with E-state index in [9.17, 15) is 14.4 Å². The molecule has 0 aliphatic carbocycles.